The fourth-order valence-corrected chi connectivity index (χ4v) is 2.50. The Morgan fingerprint density at radius 2 is 2.00 bits per heavy atom. The first-order valence-corrected chi connectivity index (χ1v) is 7.05. The van der Waals surface area contributed by atoms with Crippen molar-refractivity contribution in [1.82, 2.24) is 15.0 Å². The minimum atomic E-state index is -0.361. The van der Waals surface area contributed by atoms with Crippen LogP contribution in [0.2, 0.25) is 0 Å². The molecule has 0 saturated carbocycles. The third-order valence-corrected chi connectivity index (χ3v) is 3.48. The largest absolute Gasteiger partial charge is 0.303 e. The Morgan fingerprint density at radius 1 is 1.22 bits per heavy atom. The van der Waals surface area contributed by atoms with Gasteiger partial charge in [-0.1, -0.05) is 0 Å². The summed E-state index contributed by atoms with van der Waals surface area (Å²) in [4.78, 5) is 24.1. The number of hydrogen-bond acceptors (Lipinski definition) is 4. The standard InChI is InChI=1S/C10H5Br3N4O/c11-5-2-1-3-14-7(5)10(18)17-9-8(13)16-6(12)4-15-9/h1-4H,(H,15,17,18). The molecule has 0 radical (unpaired) electrons. The van der Waals surface area contributed by atoms with Crippen molar-refractivity contribution in [2.24, 2.45) is 0 Å². The highest BCUT2D eigenvalue weighted by molar-refractivity contribution is 9.11. The molecular weight excluding hydrogens is 432 g/mol. The number of carbonyl (C=O) groups excluding carboxylic acids is 1. The molecule has 2 aromatic rings. The number of pyridine rings is 1. The van der Waals surface area contributed by atoms with Crippen molar-refractivity contribution in [1.29, 1.82) is 0 Å². The van der Waals surface area contributed by atoms with Crippen LogP contribution in [0.1, 0.15) is 10.5 Å². The molecule has 2 aromatic heterocycles. The molecule has 1 N–H and O–H groups in total. The zero-order chi connectivity index (χ0) is 13.1. The van der Waals surface area contributed by atoms with Gasteiger partial charge in [-0.05, 0) is 59.9 Å². The predicted octanol–water partition coefficient (Wildman–Crippen LogP) is 3.41. The van der Waals surface area contributed by atoms with Gasteiger partial charge in [-0.25, -0.2) is 15.0 Å². The molecule has 0 aromatic carbocycles. The molecule has 0 aliphatic carbocycles. The number of halogens is 3. The summed E-state index contributed by atoms with van der Waals surface area (Å²) in [5, 5.41) is 2.62. The average Bonchev–Trinajstić information content (AvgIpc) is 2.33. The van der Waals surface area contributed by atoms with E-state index in [2.05, 4.69) is 68.1 Å². The number of anilines is 1. The van der Waals surface area contributed by atoms with Crippen LogP contribution in [0.5, 0.6) is 0 Å². The summed E-state index contributed by atoms with van der Waals surface area (Å²) >= 11 is 9.66. The van der Waals surface area contributed by atoms with Crippen LogP contribution >= 0.6 is 47.8 Å². The van der Waals surface area contributed by atoms with Crippen molar-refractivity contribution in [3.63, 3.8) is 0 Å². The Balaban J connectivity index is 2.24. The summed E-state index contributed by atoms with van der Waals surface area (Å²) < 4.78 is 1.63. The van der Waals surface area contributed by atoms with Gasteiger partial charge < -0.3 is 5.32 Å². The van der Waals surface area contributed by atoms with Gasteiger partial charge in [0.1, 0.15) is 14.9 Å². The van der Waals surface area contributed by atoms with E-state index in [1.54, 1.807) is 18.3 Å². The van der Waals surface area contributed by atoms with Gasteiger partial charge in [-0.15, -0.1) is 0 Å². The maximum absolute atomic E-state index is 12.0. The minimum absolute atomic E-state index is 0.286. The van der Waals surface area contributed by atoms with Crippen LogP contribution in [0.3, 0.4) is 0 Å². The lowest BCUT2D eigenvalue weighted by atomic mass is 10.3. The van der Waals surface area contributed by atoms with Crippen LogP contribution in [-0.4, -0.2) is 20.9 Å². The Kier molecular flexibility index (Phi) is 4.41. The van der Waals surface area contributed by atoms with Crippen LogP contribution in [0.25, 0.3) is 0 Å². The van der Waals surface area contributed by atoms with E-state index in [1.807, 2.05) is 0 Å². The van der Waals surface area contributed by atoms with Gasteiger partial charge in [0.2, 0.25) is 0 Å². The summed E-state index contributed by atoms with van der Waals surface area (Å²) in [6.07, 6.45) is 3.04. The first-order chi connectivity index (χ1) is 8.58. The molecular formula is C10H5Br3N4O. The molecule has 8 heteroatoms. The van der Waals surface area contributed by atoms with Crippen LogP contribution in [0.4, 0.5) is 5.82 Å². The van der Waals surface area contributed by atoms with E-state index in [0.29, 0.717) is 19.5 Å². The smallest absolute Gasteiger partial charge is 0.276 e. The first-order valence-electron chi connectivity index (χ1n) is 4.68. The van der Waals surface area contributed by atoms with E-state index >= 15 is 0 Å². The highest BCUT2D eigenvalue weighted by Crippen LogP contribution is 2.21. The van der Waals surface area contributed by atoms with Gasteiger partial charge >= 0.3 is 0 Å². The second-order valence-electron chi connectivity index (χ2n) is 3.12. The average molecular weight is 437 g/mol. The highest BCUT2D eigenvalue weighted by atomic mass is 79.9. The third kappa shape index (κ3) is 3.12. The number of nitrogens with one attached hydrogen (secondary N) is 1. The summed E-state index contributed by atoms with van der Waals surface area (Å²) in [6.45, 7) is 0. The first kappa shape index (κ1) is 13.6. The molecule has 5 nitrogen and oxygen atoms in total. The lowest BCUT2D eigenvalue weighted by molar-refractivity contribution is 0.102. The summed E-state index contributed by atoms with van der Waals surface area (Å²) in [7, 11) is 0. The van der Waals surface area contributed by atoms with E-state index in [-0.39, 0.29) is 11.6 Å². The maximum atomic E-state index is 12.0. The molecule has 92 valence electrons. The molecule has 0 bridgehead atoms. The van der Waals surface area contributed by atoms with Crippen molar-refractivity contribution >= 4 is 59.5 Å². The molecule has 2 rings (SSSR count). The lowest BCUT2D eigenvalue weighted by Crippen LogP contribution is -2.15. The number of aromatic nitrogens is 3. The molecule has 0 spiro atoms. The second-order valence-corrected chi connectivity index (χ2v) is 5.54. The third-order valence-electron chi connectivity index (χ3n) is 1.91. The zero-order valence-electron chi connectivity index (χ0n) is 8.69. The minimum Gasteiger partial charge on any atom is -0.303 e. The number of carbonyl (C=O) groups is 1. The topological polar surface area (TPSA) is 67.8 Å². The fraction of sp³-hybridized carbons (Fsp3) is 0. The number of amides is 1. The van der Waals surface area contributed by atoms with Crippen molar-refractivity contribution in [2.45, 2.75) is 0 Å². The second kappa shape index (κ2) is 5.85. The lowest BCUT2D eigenvalue weighted by Gasteiger charge is -2.06. The van der Waals surface area contributed by atoms with Crippen molar-refractivity contribution in [3.8, 4) is 0 Å². The van der Waals surface area contributed by atoms with Crippen molar-refractivity contribution in [2.75, 3.05) is 5.32 Å². The van der Waals surface area contributed by atoms with Gasteiger partial charge in [-0.2, -0.15) is 0 Å². The van der Waals surface area contributed by atoms with Gasteiger partial charge in [0.15, 0.2) is 5.82 Å². The summed E-state index contributed by atoms with van der Waals surface area (Å²) in [5.41, 5.74) is 0.286. The van der Waals surface area contributed by atoms with Crippen LogP contribution in [0.15, 0.2) is 38.2 Å². The summed E-state index contributed by atoms with van der Waals surface area (Å²) in [5.74, 6) is -0.0273. The SMILES string of the molecule is O=C(Nc1ncc(Br)nc1Br)c1ncccc1Br. The molecule has 2 heterocycles. The fourth-order valence-electron chi connectivity index (χ4n) is 1.15. The molecule has 0 unspecified atom stereocenters. The van der Waals surface area contributed by atoms with Crippen molar-refractivity contribution < 1.29 is 4.79 Å². The Bertz CT molecular complexity index is 605. The van der Waals surface area contributed by atoms with E-state index in [4.69, 9.17) is 0 Å². The van der Waals surface area contributed by atoms with Crippen LogP contribution < -0.4 is 5.32 Å². The zero-order valence-corrected chi connectivity index (χ0v) is 13.5. The molecule has 0 fully saturated rings. The molecule has 1 amide bonds. The predicted molar refractivity (Wildman–Crippen MR) is 77.3 cm³/mol. The van der Waals surface area contributed by atoms with Gasteiger partial charge in [0.25, 0.3) is 5.91 Å². The molecule has 0 saturated heterocycles. The Morgan fingerprint density at radius 3 is 2.67 bits per heavy atom. The molecule has 0 aliphatic rings. The Hall–Kier alpha value is -0.860. The maximum Gasteiger partial charge on any atom is 0.276 e. The van der Waals surface area contributed by atoms with Gasteiger partial charge in [0.05, 0.1) is 6.20 Å². The van der Waals surface area contributed by atoms with E-state index in [9.17, 15) is 4.79 Å². The van der Waals surface area contributed by atoms with E-state index in [0.717, 1.165) is 0 Å². The monoisotopic (exact) mass is 434 g/mol. The Labute approximate surface area is 128 Å². The van der Waals surface area contributed by atoms with Crippen molar-refractivity contribution in [3.05, 3.63) is 43.9 Å². The van der Waals surface area contributed by atoms with Gasteiger partial charge in [-0.3, -0.25) is 4.79 Å². The molecule has 18 heavy (non-hydrogen) atoms. The quantitative estimate of drug-likeness (QED) is 0.783. The molecule has 0 aliphatic heterocycles. The van der Waals surface area contributed by atoms with Crippen LogP contribution in [0, 0.1) is 0 Å². The molecule has 0 atom stereocenters. The van der Waals surface area contributed by atoms with E-state index in [1.165, 1.54) is 6.20 Å². The van der Waals surface area contributed by atoms with Gasteiger partial charge in [0, 0.05) is 10.7 Å². The van der Waals surface area contributed by atoms with E-state index < -0.39 is 0 Å². The summed E-state index contributed by atoms with van der Waals surface area (Å²) in [6, 6.07) is 3.47. The highest BCUT2D eigenvalue weighted by Gasteiger charge is 2.14. The number of rotatable bonds is 2. The van der Waals surface area contributed by atoms with Crippen LogP contribution in [-0.2, 0) is 0 Å². The number of hydrogen-bond donors (Lipinski definition) is 1. The number of nitrogens with zero attached hydrogens (tertiary/aromatic N) is 3. The normalized spacial score (nSPS) is 10.2.